The first-order valence-electron chi connectivity index (χ1n) is 9.45. The fourth-order valence-corrected chi connectivity index (χ4v) is 3.40. The predicted molar refractivity (Wildman–Crippen MR) is 101 cm³/mol. The molecule has 0 radical (unpaired) electrons. The van der Waals surface area contributed by atoms with E-state index in [0.29, 0.717) is 24.0 Å². The van der Waals surface area contributed by atoms with Crippen LogP contribution in [0.2, 0.25) is 0 Å². The van der Waals surface area contributed by atoms with Crippen molar-refractivity contribution in [2.45, 2.75) is 57.8 Å². The largest absolute Gasteiger partial charge is 0.450 e. The van der Waals surface area contributed by atoms with Crippen LogP contribution >= 0.6 is 0 Å². The molecule has 28 heavy (non-hydrogen) atoms. The standard InChI is InChI=1S/C21H24N2O5/c1-14(2)26-11-16-15-7-3-4-8-17(15)28-19(16)20(25)27-12-18(24)23-21(13-22)9-5-6-10-21/h3-4,7-8,14H,5-6,9-12H2,1-2H3,(H,23,24). The fourth-order valence-electron chi connectivity index (χ4n) is 3.40. The highest BCUT2D eigenvalue weighted by atomic mass is 16.5. The van der Waals surface area contributed by atoms with Gasteiger partial charge in [-0.25, -0.2) is 4.79 Å². The number of para-hydroxylation sites is 1. The number of benzene rings is 1. The van der Waals surface area contributed by atoms with Crippen LogP contribution < -0.4 is 5.32 Å². The fraction of sp³-hybridized carbons (Fsp3) is 0.476. The molecule has 7 heteroatoms. The van der Waals surface area contributed by atoms with Gasteiger partial charge in [-0.2, -0.15) is 5.26 Å². The molecule has 1 saturated carbocycles. The van der Waals surface area contributed by atoms with Gasteiger partial charge in [0.05, 0.1) is 18.8 Å². The van der Waals surface area contributed by atoms with E-state index in [1.54, 1.807) is 6.07 Å². The molecule has 1 N–H and O–H groups in total. The number of nitriles is 1. The Morgan fingerprint density at radius 1 is 1.29 bits per heavy atom. The second-order valence-corrected chi connectivity index (χ2v) is 7.29. The number of furan rings is 1. The van der Waals surface area contributed by atoms with Gasteiger partial charge in [-0.1, -0.05) is 18.2 Å². The predicted octanol–water partition coefficient (Wildman–Crippen LogP) is 3.47. The van der Waals surface area contributed by atoms with Crippen molar-refractivity contribution in [1.82, 2.24) is 5.32 Å². The van der Waals surface area contributed by atoms with E-state index in [-0.39, 0.29) is 18.5 Å². The number of ether oxygens (including phenoxy) is 2. The minimum Gasteiger partial charge on any atom is -0.450 e. The van der Waals surface area contributed by atoms with Crippen LogP contribution in [0.4, 0.5) is 0 Å². The number of hydrogen-bond acceptors (Lipinski definition) is 6. The average Bonchev–Trinajstić information content (AvgIpc) is 3.29. The number of fused-ring (bicyclic) bond motifs is 1. The zero-order chi connectivity index (χ0) is 20.1. The molecular formula is C21H24N2O5. The molecule has 7 nitrogen and oxygen atoms in total. The van der Waals surface area contributed by atoms with Crippen molar-refractivity contribution in [1.29, 1.82) is 5.26 Å². The van der Waals surface area contributed by atoms with Gasteiger partial charge in [-0.15, -0.1) is 0 Å². The summed E-state index contributed by atoms with van der Waals surface area (Å²) in [6, 6.07) is 9.44. The average molecular weight is 384 g/mol. The molecule has 0 spiro atoms. The highest BCUT2D eigenvalue weighted by Gasteiger charge is 2.35. The van der Waals surface area contributed by atoms with E-state index in [0.717, 1.165) is 18.2 Å². The van der Waals surface area contributed by atoms with Gasteiger partial charge >= 0.3 is 5.97 Å². The Morgan fingerprint density at radius 2 is 2.00 bits per heavy atom. The maximum atomic E-state index is 12.6. The first-order valence-corrected chi connectivity index (χ1v) is 9.45. The molecule has 148 valence electrons. The summed E-state index contributed by atoms with van der Waals surface area (Å²) >= 11 is 0. The van der Waals surface area contributed by atoms with Gasteiger partial charge < -0.3 is 19.2 Å². The van der Waals surface area contributed by atoms with E-state index in [1.165, 1.54) is 0 Å². The van der Waals surface area contributed by atoms with Crippen molar-refractivity contribution in [3.8, 4) is 6.07 Å². The Bertz CT molecular complexity index is 903. The maximum absolute atomic E-state index is 12.6. The normalized spacial score (nSPS) is 15.5. The summed E-state index contributed by atoms with van der Waals surface area (Å²) in [6.07, 6.45) is 3.00. The third kappa shape index (κ3) is 4.34. The second kappa shape index (κ2) is 8.44. The van der Waals surface area contributed by atoms with Gasteiger partial charge in [0.25, 0.3) is 5.91 Å². The summed E-state index contributed by atoms with van der Waals surface area (Å²) < 4.78 is 16.5. The quantitative estimate of drug-likeness (QED) is 0.734. The van der Waals surface area contributed by atoms with E-state index in [9.17, 15) is 14.9 Å². The van der Waals surface area contributed by atoms with Crippen LogP contribution in [-0.2, 0) is 20.9 Å². The topological polar surface area (TPSA) is 102 Å². The third-order valence-corrected chi connectivity index (χ3v) is 4.83. The zero-order valence-electron chi connectivity index (χ0n) is 16.1. The number of nitrogens with zero attached hydrogens (tertiary/aromatic N) is 1. The summed E-state index contributed by atoms with van der Waals surface area (Å²) in [5.74, 6) is -1.19. The Balaban J connectivity index is 1.70. The molecule has 1 fully saturated rings. The summed E-state index contributed by atoms with van der Waals surface area (Å²) in [7, 11) is 0. The van der Waals surface area contributed by atoms with Gasteiger partial charge in [0.2, 0.25) is 5.76 Å². The Hall–Kier alpha value is -2.85. The zero-order valence-corrected chi connectivity index (χ0v) is 16.1. The van der Waals surface area contributed by atoms with Crippen LogP contribution in [0.25, 0.3) is 11.0 Å². The number of esters is 1. The Morgan fingerprint density at radius 3 is 2.68 bits per heavy atom. The maximum Gasteiger partial charge on any atom is 0.375 e. The number of rotatable bonds is 7. The van der Waals surface area contributed by atoms with Gasteiger partial charge in [0.15, 0.2) is 6.61 Å². The van der Waals surface area contributed by atoms with E-state index < -0.39 is 24.0 Å². The minimum atomic E-state index is -0.848. The molecule has 2 aromatic rings. The number of hydrogen-bond donors (Lipinski definition) is 1. The van der Waals surface area contributed by atoms with Crippen LogP contribution in [0.3, 0.4) is 0 Å². The van der Waals surface area contributed by atoms with Crippen LogP contribution in [0.5, 0.6) is 0 Å². The van der Waals surface area contributed by atoms with Crippen molar-refractivity contribution in [3.05, 3.63) is 35.6 Å². The molecule has 3 rings (SSSR count). The molecule has 0 bridgehead atoms. The van der Waals surface area contributed by atoms with Crippen molar-refractivity contribution >= 4 is 22.8 Å². The molecule has 1 aromatic carbocycles. The molecule has 0 atom stereocenters. The molecule has 1 aliphatic rings. The van der Waals surface area contributed by atoms with Gasteiger partial charge in [0.1, 0.15) is 11.1 Å². The first-order chi connectivity index (χ1) is 13.4. The summed E-state index contributed by atoms with van der Waals surface area (Å²) in [5.41, 5.74) is 0.300. The van der Waals surface area contributed by atoms with Gasteiger partial charge in [-0.3, -0.25) is 4.79 Å². The lowest BCUT2D eigenvalue weighted by Gasteiger charge is -2.21. The third-order valence-electron chi connectivity index (χ3n) is 4.83. The Kier molecular flexibility index (Phi) is 6.00. The number of carbonyl (C=O) groups excluding carboxylic acids is 2. The molecule has 1 aromatic heterocycles. The molecular weight excluding hydrogens is 360 g/mol. The second-order valence-electron chi connectivity index (χ2n) is 7.29. The van der Waals surface area contributed by atoms with Gasteiger partial charge in [0, 0.05) is 10.9 Å². The lowest BCUT2D eigenvalue weighted by molar-refractivity contribution is -0.125. The van der Waals surface area contributed by atoms with Crippen molar-refractivity contribution in [2.24, 2.45) is 0 Å². The van der Waals surface area contributed by atoms with Crippen LogP contribution in [-0.4, -0.2) is 30.1 Å². The Labute approximate surface area is 163 Å². The van der Waals surface area contributed by atoms with Gasteiger partial charge in [-0.05, 0) is 45.6 Å². The molecule has 0 aliphatic heterocycles. The van der Waals surface area contributed by atoms with Crippen molar-refractivity contribution < 1.29 is 23.5 Å². The molecule has 1 aliphatic carbocycles. The minimum absolute atomic E-state index is 0.0168. The van der Waals surface area contributed by atoms with Crippen LogP contribution in [0, 0.1) is 11.3 Å². The lowest BCUT2D eigenvalue weighted by Crippen LogP contribution is -2.46. The van der Waals surface area contributed by atoms with Crippen LogP contribution in [0.15, 0.2) is 28.7 Å². The summed E-state index contributed by atoms with van der Waals surface area (Å²) in [6.45, 7) is 3.53. The molecule has 0 unspecified atom stereocenters. The number of nitrogens with one attached hydrogen (secondary N) is 1. The van der Waals surface area contributed by atoms with E-state index in [4.69, 9.17) is 13.9 Å². The SMILES string of the molecule is CC(C)OCc1c(C(=O)OCC(=O)NC2(C#N)CCCC2)oc2ccccc12. The number of amides is 1. The van der Waals surface area contributed by atoms with E-state index >= 15 is 0 Å². The summed E-state index contributed by atoms with van der Waals surface area (Å²) in [4.78, 5) is 24.7. The monoisotopic (exact) mass is 384 g/mol. The molecule has 1 amide bonds. The molecule has 0 saturated heterocycles. The summed E-state index contributed by atoms with van der Waals surface area (Å²) in [5, 5.41) is 12.8. The highest BCUT2D eigenvalue weighted by molar-refractivity contribution is 5.96. The lowest BCUT2D eigenvalue weighted by atomic mass is 10.00. The number of carbonyl (C=O) groups is 2. The van der Waals surface area contributed by atoms with E-state index in [1.807, 2.05) is 32.0 Å². The van der Waals surface area contributed by atoms with Crippen LogP contribution in [0.1, 0.15) is 55.6 Å². The van der Waals surface area contributed by atoms with Crippen molar-refractivity contribution in [3.63, 3.8) is 0 Å². The van der Waals surface area contributed by atoms with E-state index in [2.05, 4.69) is 11.4 Å². The highest BCUT2D eigenvalue weighted by Crippen LogP contribution is 2.29. The smallest absolute Gasteiger partial charge is 0.375 e. The first kappa shape index (κ1) is 19.9. The molecule has 1 heterocycles. The van der Waals surface area contributed by atoms with Crippen molar-refractivity contribution in [2.75, 3.05) is 6.61 Å².